The summed E-state index contributed by atoms with van der Waals surface area (Å²) in [7, 11) is 0. The largest absolute Gasteiger partial charge is 0.370 e. The van der Waals surface area contributed by atoms with Crippen LogP contribution in [0.5, 0.6) is 0 Å². The molecule has 6 heteroatoms. The predicted octanol–water partition coefficient (Wildman–Crippen LogP) is 2.31. The molecular formula is C11H21IN4S. The summed E-state index contributed by atoms with van der Waals surface area (Å²) in [6.45, 7) is 6.96. The fraction of sp³-hybridized carbons (Fsp3) is 0.636. The van der Waals surface area contributed by atoms with Crippen molar-refractivity contribution >= 4 is 41.3 Å². The number of hydrogen-bond donors (Lipinski definition) is 2. The lowest BCUT2D eigenvalue weighted by atomic mass is 10.3. The highest BCUT2D eigenvalue weighted by atomic mass is 127. The van der Waals surface area contributed by atoms with Crippen LogP contribution in [-0.2, 0) is 6.42 Å². The van der Waals surface area contributed by atoms with E-state index in [1.165, 1.54) is 4.88 Å². The van der Waals surface area contributed by atoms with Gasteiger partial charge in [0.15, 0.2) is 5.96 Å². The molecule has 0 radical (unpaired) electrons. The van der Waals surface area contributed by atoms with Gasteiger partial charge in [0.05, 0.1) is 5.01 Å². The number of halogens is 1. The van der Waals surface area contributed by atoms with Crippen LogP contribution in [0.2, 0.25) is 0 Å². The Hall–Kier alpha value is -0.370. The van der Waals surface area contributed by atoms with Crippen LogP contribution in [0.1, 0.15) is 30.2 Å². The Bertz CT molecular complexity index is 351. The van der Waals surface area contributed by atoms with Crippen molar-refractivity contribution in [3.8, 4) is 0 Å². The fourth-order valence-electron chi connectivity index (χ4n) is 1.19. The maximum absolute atomic E-state index is 5.74. The monoisotopic (exact) mass is 368 g/mol. The molecule has 1 atom stereocenters. The van der Waals surface area contributed by atoms with Crippen molar-refractivity contribution in [1.29, 1.82) is 0 Å². The molecule has 4 nitrogen and oxygen atoms in total. The highest BCUT2D eigenvalue weighted by Gasteiger charge is 2.00. The molecule has 0 aliphatic carbocycles. The molecule has 0 saturated carbocycles. The van der Waals surface area contributed by atoms with Crippen LogP contribution < -0.4 is 11.1 Å². The van der Waals surface area contributed by atoms with E-state index >= 15 is 0 Å². The molecule has 3 N–H and O–H groups in total. The van der Waals surface area contributed by atoms with Gasteiger partial charge in [-0.2, -0.15) is 0 Å². The average Bonchev–Trinajstić information content (AvgIpc) is 2.64. The Morgan fingerprint density at radius 3 is 2.88 bits per heavy atom. The lowest BCUT2D eigenvalue weighted by molar-refractivity contribution is 0.636. The summed E-state index contributed by atoms with van der Waals surface area (Å²) < 4.78 is 0. The molecule has 17 heavy (non-hydrogen) atoms. The van der Waals surface area contributed by atoms with Crippen LogP contribution in [0.25, 0.3) is 0 Å². The molecule has 0 saturated heterocycles. The molecule has 98 valence electrons. The first-order valence-corrected chi connectivity index (χ1v) is 6.41. The van der Waals surface area contributed by atoms with Gasteiger partial charge in [0.25, 0.3) is 0 Å². The zero-order valence-corrected chi connectivity index (χ0v) is 13.7. The van der Waals surface area contributed by atoms with Crippen LogP contribution in [0, 0.1) is 6.92 Å². The van der Waals surface area contributed by atoms with E-state index in [-0.39, 0.29) is 24.0 Å². The fourth-order valence-corrected chi connectivity index (χ4v) is 1.96. The third-order valence-electron chi connectivity index (χ3n) is 2.28. The van der Waals surface area contributed by atoms with Crippen LogP contribution in [0.3, 0.4) is 0 Å². The maximum atomic E-state index is 5.74. The first-order valence-electron chi connectivity index (χ1n) is 5.59. The van der Waals surface area contributed by atoms with Gasteiger partial charge >= 0.3 is 0 Å². The molecule has 0 fully saturated rings. The number of nitrogens with two attached hydrogens (primary N) is 1. The smallest absolute Gasteiger partial charge is 0.188 e. The summed E-state index contributed by atoms with van der Waals surface area (Å²) in [5.41, 5.74) is 5.74. The van der Waals surface area contributed by atoms with Gasteiger partial charge < -0.3 is 11.1 Å². The second-order valence-electron chi connectivity index (χ2n) is 3.84. The maximum Gasteiger partial charge on any atom is 0.188 e. The number of hydrogen-bond acceptors (Lipinski definition) is 3. The summed E-state index contributed by atoms with van der Waals surface area (Å²) in [5.74, 6) is 0.530. The molecule has 1 heterocycles. The topological polar surface area (TPSA) is 63.3 Å². The van der Waals surface area contributed by atoms with E-state index < -0.39 is 0 Å². The Labute approximate surface area is 124 Å². The quantitative estimate of drug-likeness (QED) is 0.476. The zero-order valence-electron chi connectivity index (χ0n) is 10.6. The highest BCUT2D eigenvalue weighted by molar-refractivity contribution is 14.0. The predicted molar refractivity (Wildman–Crippen MR) is 85.3 cm³/mol. The van der Waals surface area contributed by atoms with Crippen LogP contribution in [-0.4, -0.2) is 23.5 Å². The van der Waals surface area contributed by atoms with E-state index in [9.17, 15) is 0 Å². The van der Waals surface area contributed by atoms with Crippen molar-refractivity contribution in [3.05, 3.63) is 16.1 Å². The minimum absolute atomic E-state index is 0. The molecule has 1 aromatic rings. The number of aryl methyl sites for hydroxylation is 1. The molecule has 0 aliphatic heterocycles. The lowest BCUT2D eigenvalue weighted by Crippen LogP contribution is -2.38. The van der Waals surface area contributed by atoms with Crippen LogP contribution in [0.15, 0.2) is 11.2 Å². The number of thiazole rings is 1. The SMILES string of the molecule is CCC(C)NC(N)=NCCc1ncc(C)s1.I. The van der Waals surface area contributed by atoms with Crippen LogP contribution in [0.4, 0.5) is 0 Å². The Morgan fingerprint density at radius 1 is 1.65 bits per heavy atom. The van der Waals surface area contributed by atoms with Gasteiger partial charge in [-0.15, -0.1) is 35.3 Å². The number of nitrogens with zero attached hydrogens (tertiary/aromatic N) is 2. The number of aliphatic imine (C=N–C) groups is 1. The van der Waals surface area contributed by atoms with E-state index in [1.54, 1.807) is 11.3 Å². The lowest BCUT2D eigenvalue weighted by Gasteiger charge is -2.11. The van der Waals surface area contributed by atoms with Crippen LogP contribution >= 0.6 is 35.3 Å². The van der Waals surface area contributed by atoms with Gasteiger partial charge in [0.2, 0.25) is 0 Å². The van der Waals surface area contributed by atoms with Crippen molar-refractivity contribution < 1.29 is 0 Å². The van der Waals surface area contributed by atoms with Gasteiger partial charge in [-0.05, 0) is 20.3 Å². The van der Waals surface area contributed by atoms with Crippen molar-refractivity contribution in [2.45, 2.75) is 39.7 Å². The van der Waals surface area contributed by atoms with Gasteiger partial charge in [-0.1, -0.05) is 6.92 Å². The molecule has 1 rings (SSSR count). The standard InChI is InChI=1S/C11H20N4S.HI/c1-4-8(2)15-11(12)13-6-5-10-14-7-9(3)16-10;/h7-8H,4-6H2,1-3H3,(H3,12,13,15);1H. The molecule has 0 aromatic carbocycles. The number of aromatic nitrogens is 1. The second-order valence-corrected chi connectivity index (χ2v) is 5.15. The Balaban J connectivity index is 0.00000256. The van der Waals surface area contributed by atoms with Gasteiger partial charge in [-0.25, -0.2) is 4.98 Å². The third kappa shape index (κ3) is 6.82. The van der Waals surface area contributed by atoms with E-state index in [2.05, 4.69) is 36.1 Å². The summed E-state index contributed by atoms with van der Waals surface area (Å²) in [4.78, 5) is 9.78. The molecule has 0 amide bonds. The highest BCUT2D eigenvalue weighted by Crippen LogP contribution is 2.11. The number of nitrogens with one attached hydrogen (secondary N) is 1. The molecular weight excluding hydrogens is 347 g/mol. The number of guanidine groups is 1. The first kappa shape index (κ1) is 16.6. The second kappa shape index (κ2) is 8.68. The van der Waals surface area contributed by atoms with Crippen molar-refractivity contribution in [1.82, 2.24) is 10.3 Å². The summed E-state index contributed by atoms with van der Waals surface area (Å²) in [6.07, 6.45) is 3.80. The van der Waals surface area contributed by atoms with Gasteiger partial charge in [-0.3, -0.25) is 4.99 Å². The zero-order chi connectivity index (χ0) is 12.0. The van der Waals surface area contributed by atoms with Gasteiger partial charge in [0, 0.05) is 30.1 Å². The Kier molecular flexibility index (Phi) is 8.49. The first-order chi connectivity index (χ1) is 7.61. The minimum atomic E-state index is 0. The molecule has 1 aromatic heterocycles. The van der Waals surface area contributed by atoms with E-state index in [1.807, 2.05) is 6.20 Å². The molecule has 1 unspecified atom stereocenters. The van der Waals surface area contributed by atoms with E-state index in [4.69, 9.17) is 5.73 Å². The normalized spacial score (nSPS) is 13.0. The molecule has 0 aliphatic rings. The number of rotatable bonds is 5. The minimum Gasteiger partial charge on any atom is -0.370 e. The summed E-state index contributed by atoms with van der Waals surface area (Å²) in [5, 5.41) is 4.25. The molecule has 0 spiro atoms. The summed E-state index contributed by atoms with van der Waals surface area (Å²) >= 11 is 1.72. The van der Waals surface area contributed by atoms with Crippen molar-refractivity contribution in [3.63, 3.8) is 0 Å². The van der Waals surface area contributed by atoms with E-state index in [0.717, 1.165) is 17.8 Å². The Morgan fingerprint density at radius 2 is 2.35 bits per heavy atom. The third-order valence-corrected chi connectivity index (χ3v) is 3.26. The van der Waals surface area contributed by atoms with Gasteiger partial charge in [0.1, 0.15) is 0 Å². The van der Waals surface area contributed by atoms with Crippen molar-refractivity contribution in [2.24, 2.45) is 10.7 Å². The average molecular weight is 368 g/mol. The van der Waals surface area contributed by atoms with Crippen molar-refractivity contribution in [2.75, 3.05) is 6.54 Å². The molecule has 0 bridgehead atoms. The summed E-state index contributed by atoms with van der Waals surface area (Å²) in [6, 6.07) is 0.380. The van der Waals surface area contributed by atoms with E-state index in [0.29, 0.717) is 18.5 Å².